The average Bonchev–Trinajstić information content (AvgIpc) is 2.42. The summed E-state index contributed by atoms with van der Waals surface area (Å²) in [7, 11) is 0. The fourth-order valence-electron chi connectivity index (χ4n) is 1.79. The van der Waals surface area contributed by atoms with Crippen molar-refractivity contribution in [3.8, 4) is 0 Å². The van der Waals surface area contributed by atoms with Crippen LogP contribution in [0.4, 0.5) is 17.3 Å². The maximum Gasteiger partial charge on any atom is 0.227 e. The fourth-order valence-corrected chi connectivity index (χ4v) is 1.94. The van der Waals surface area contributed by atoms with Crippen LogP contribution in [0, 0.1) is 0 Å². The van der Waals surface area contributed by atoms with E-state index in [1.807, 2.05) is 42.5 Å². The molecule has 0 unspecified atom stereocenters. The normalized spacial score (nSPS) is 10.6. The van der Waals surface area contributed by atoms with Crippen molar-refractivity contribution in [3.05, 3.63) is 48.7 Å². The predicted octanol–water partition coefficient (Wildman–Crippen LogP) is 3.24. The quantitative estimate of drug-likeness (QED) is 0.493. The van der Waals surface area contributed by atoms with Gasteiger partial charge in [-0.15, -0.1) is 12.6 Å². The number of hydrogen-bond donors (Lipinski definition) is 3. The summed E-state index contributed by atoms with van der Waals surface area (Å²) < 4.78 is 0. The number of hydrogen-bond acceptors (Lipinski definition) is 5. The van der Waals surface area contributed by atoms with Crippen LogP contribution in [0.25, 0.3) is 10.9 Å². The summed E-state index contributed by atoms with van der Waals surface area (Å²) in [4.78, 5) is 9.62. The maximum atomic E-state index is 5.72. The number of benzene rings is 2. The lowest BCUT2D eigenvalue weighted by Gasteiger charge is -2.06. The Morgan fingerprint density at radius 3 is 2.63 bits per heavy atom. The second-order valence-corrected chi connectivity index (χ2v) is 4.70. The number of nitrogens with zero attached hydrogens (tertiary/aromatic N) is 2. The molecule has 0 aliphatic carbocycles. The van der Waals surface area contributed by atoms with Crippen molar-refractivity contribution in [2.45, 2.75) is 4.90 Å². The molecule has 1 aromatic heterocycles. The van der Waals surface area contributed by atoms with Crippen LogP contribution in [-0.2, 0) is 0 Å². The van der Waals surface area contributed by atoms with Crippen molar-refractivity contribution >= 4 is 40.9 Å². The standard InChI is InChI=1S/C14H12N4S/c15-10-1-6-13-9(7-10)8-16-14(18-13)17-11-2-4-12(19)5-3-11/h1-8,19H,15H2,(H,16,17,18). The van der Waals surface area contributed by atoms with E-state index >= 15 is 0 Å². The van der Waals surface area contributed by atoms with Gasteiger partial charge in [0.05, 0.1) is 5.52 Å². The molecule has 3 rings (SSSR count). The van der Waals surface area contributed by atoms with Gasteiger partial charge in [-0.25, -0.2) is 9.97 Å². The Bertz CT molecular complexity index is 725. The van der Waals surface area contributed by atoms with E-state index in [2.05, 4.69) is 27.9 Å². The Labute approximate surface area is 116 Å². The van der Waals surface area contributed by atoms with Gasteiger partial charge in [0, 0.05) is 27.9 Å². The second kappa shape index (κ2) is 4.78. The van der Waals surface area contributed by atoms with Crippen LogP contribution < -0.4 is 11.1 Å². The molecule has 5 heteroatoms. The van der Waals surface area contributed by atoms with Crippen molar-refractivity contribution in [2.75, 3.05) is 11.1 Å². The highest BCUT2D eigenvalue weighted by Gasteiger charge is 2.01. The van der Waals surface area contributed by atoms with Gasteiger partial charge in [-0.2, -0.15) is 0 Å². The Morgan fingerprint density at radius 1 is 1.05 bits per heavy atom. The maximum absolute atomic E-state index is 5.72. The molecule has 2 aromatic carbocycles. The minimum Gasteiger partial charge on any atom is -0.399 e. The Kier molecular flexibility index (Phi) is 2.97. The highest BCUT2D eigenvalue weighted by atomic mass is 32.1. The van der Waals surface area contributed by atoms with Crippen LogP contribution in [-0.4, -0.2) is 9.97 Å². The zero-order valence-electron chi connectivity index (χ0n) is 10.0. The van der Waals surface area contributed by atoms with E-state index in [4.69, 9.17) is 5.73 Å². The summed E-state index contributed by atoms with van der Waals surface area (Å²) in [5.74, 6) is 0.559. The highest BCUT2D eigenvalue weighted by Crippen LogP contribution is 2.19. The van der Waals surface area contributed by atoms with Gasteiger partial charge in [0.2, 0.25) is 5.95 Å². The Hall–Kier alpha value is -2.27. The number of aromatic nitrogens is 2. The van der Waals surface area contributed by atoms with E-state index in [1.165, 1.54) is 0 Å². The van der Waals surface area contributed by atoms with Crippen molar-refractivity contribution in [3.63, 3.8) is 0 Å². The van der Waals surface area contributed by atoms with Gasteiger partial charge in [0.15, 0.2) is 0 Å². The van der Waals surface area contributed by atoms with Gasteiger partial charge in [0.1, 0.15) is 0 Å². The average molecular weight is 268 g/mol. The van der Waals surface area contributed by atoms with Crippen LogP contribution in [0.5, 0.6) is 0 Å². The molecule has 19 heavy (non-hydrogen) atoms. The van der Waals surface area contributed by atoms with E-state index in [9.17, 15) is 0 Å². The zero-order valence-corrected chi connectivity index (χ0v) is 10.9. The molecule has 0 spiro atoms. The molecule has 0 fully saturated rings. The molecule has 0 amide bonds. The number of thiol groups is 1. The third-order valence-electron chi connectivity index (χ3n) is 2.73. The number of rotatable bonds is 2. The van der Waals surface area contributed by atoms with E-state index in [1.54, 1.807) is 6.20 Å². The van der Waals surface area contributed by atoms with Gasteiger partial charge in [-0.1, -0.05) is 0 Å². The first-order valence-electron chi connectivity index (χ1n) is 5.79. The predicted molar refractivity (Wildman–Crippen MR) is 80.9 cm³/mol. The lowest BCUT2D eigenvalue weighted by atomic mass is 10.2. The number of fused-ring (bicyclic) bond motifs is 1. The molecule has 94 valence electrons. The molecule has 0 bridgehead atoms. The van der Waals surface area contributed by atoms with Crippen LogP contribution in [0.1, 0.15) is 0 Å². The molecule has 0 saturated heterocycles. The van der Waals surface area contributed by atoms with Gasteiger partial charge in [-0.3, -0.25) is 0 Å². The number of nitrogen functional groups attached to an aromatic ring is 1. The monoisotopic (exact) mass is 268 g/mol. The second-order valence-electron chi connectivity index (χ2n) is 4.18. The van der Waals surface area contributed by atoms with Crippen LogP contribution in [0.2, 0.25) is 0 Å². The van der Waals surface area contributed by atoms with E-state index in [0.29, 0.717) is 11.6 Å². The number of anilines is 3. The molecule has 0 atom stereocenters. The molecule has 0 aliphatic rings. The van der Waals surface area contributed by atoms with Crippen molar-refractivity contribution in [1.29, 1.82) is 0 Å². The third kappa shape index (κ3) is 2.61. The molecule has 3 N–H and O–H groups in total. The molecular weight excluding hydrogens is 256 g/mol. The third-order valence-corrected chi connectivity index (χ3v) is 3.03. The van der Waals surface area contributed by atoms with Gasteiger partial charge >= 0.3 is 0 Å². The van der Waals surface area contributed by atoms with Crippen molar-refractivity contribution in [1.82, 2.24) is 9.97 Å². The minimum atomic E-state index is 0.559. The molecule has 4 nitrogen and oxygen atoms in total. The molecule has 0 saturated carbocycles. The number of nitrogens with one attached hydrogen (secondary N) is 1. The first-order chi connectivity index (χ1) is 9.20. The molecule has 1 heterocycles. The lowest BCUT2D eigenvalue weighted by Crippen LogP contribution is -1.97. The van der Waals surface area contributed by atoms with Gasteiger partial charge < -0.3 is 11.1 Å². The highest BCUT2D eigenvalue weighted by molar-refractivity contribution is 7.80. The molecule has 0 radical (unpaired) electrons. The summed E-state index contributed by atoms with van der Waals surface area (Å²) >= 11 is 4.24. The lowest BCUT2D eigenvalue weighted by molar-refractivity contribution is 1.21. The summed E-state index contributed by atoms with van der Waals surface area (Å²) in [5, 5.41) is 4.08. The summed E-state index contributed by atoms with van der Waals surface area (Å²) in [5.41, 5.74) is 8.21. The fraction of sp³-hybridized carbons (Fsp3) is 0. The van der Waals surface area contributed by atoms with Crippen LogP contribution >= 0.6 is 12.6 Å². The minimum absolute atomic E-state index is 0.559. The Balaban J connectivity index is 1.93. The van der Waals surface area contributed by atoms with E-state index in [-0.39, 0.29) is 0 Å². The van der Waals surface area contributed by atoms with Crippen molar-refractivity contribution in [2.24, 2.45) is 0 Å². The van der Waals surface area contributed by atoms with Gasteiger partial charge in [0.25, 0.3) is 0 Å². The van der Waals surface area contributed by atoms with Crippen LogP contribution in [0.15, 0.2) is 53.6 Å². The first-order valence-corrected chi connectivity index (χ1v) is 6.24. The molecule has 0 aliphatic heterocycles. The largest absolute Gasteiger partial charge is 0.399 e. The smallest absolute Gasteiger partial charge is 0.227 e. The summed E-state index contributed by atoms with van der Waals surface area (Å²) in [6.07, 6.45) is 1.76. The summed E-state index contributed by atoms with van der Waals surface area (Å²) in [6.45, 7) is 0. The summed E-state index contributed by atoms with van der Waals surface area (Å²) in [6, 6.07) is 13.2. The van der Waals surface area contributed by atoms with Crippen molar-refractivity contribution < 1.29 is 0 Å². The van der Waals surface area contributed by atoms with Gasteiger partial charge in [-0.05, 0) is 42.5 Å². The van der Waals surface area contributed by atoms with E-state index < -0.39 is 0 Å². The first kappa shape index (κ1) is 11.8. The van der Waals surface area contributed by atoms with Crippen LogP contribution in [0.3, 0.4) is 0 Å². The Morgan fingerprint density at radius 2 is 1.84 bits per heavy atom. The number of nitrogens with two attached hydrogens (primary N) is 1. The molecular formula is C14H12N4S. The van der Waals surface area contributed by atoms with E-state index in [0.717, 1.165) is 21.5 Å². The SMILES string of the molecule is Nc1ccc2nc(Nc3ccc(S)cc3)ncc2c1. The topological polar surface area (TPSA) is 63.8 Å². The zero-order chi connectivity index (χ0) is 13.2. The molecule has 3 aromatic rings.